The van der Waals surface area contributed by atoms with E-state index in [2.05, 4.69) is 4.74 Å². The average Bonchev–Trinajstić information content (AvgIpc) is 2.06. The molecule has 0 spiro atoms. The van der Waals surface area contributed by atoms with Crippen LogP contribution in [-0.4, -0.2) is 38.5 Å². The molecule has 0 saturated carbocycles. The molecule has 0 bridgehead atoms. The summed E-state index contributed by atoms with van der Waals surface area (Å²) in [6.07, 6.45) is 0.132. The number of aldehydes is 1. The van der Waals surface area contributed by atoms with Gasteiger partial charge in [0, 0.05) is 0 Å². The zero-order valence-corrected chi connectivity index (χ0v) is 9.61. The third-order valence-corrected chi connectivity index (χ3v) is 1.06. The van der Waals surface area contributed by atoms with Crippen LogP contribution in [0.4, 0.5) is 0 Å². The summed E-state index contributed by atoms with van der Waals surface area (Å²) in [7, 11) is 0. The Balaban J connectivity index is 0.00000121. The van der Waals surface area contributed by atoms with Crippen LogP contribution in [0.1, 0.15) is 0 Å². The van der Waals surface area contributed by atoms with E-state index in [0.717, 1.165) is 0 Å². The Bertz CT molecular complexity index is 258. The van der Waals surface area contributed by atoms with Crippen molar-refractivity contribution in [1.82, 2.24) is 0 Å². The topological polar surface area (TPSA) is 43.4 Å². The van der Waals surface area contributed by atoms with E-state index >= 15 is 0 Å². The second kappa shape index (κ2) is 5.84. The second-order valence-electron chi connectivity index (χ2n) is 1.85. The minimum Gasteiger partial charge on any atom is -0.421 e. The zero-order valence-electron chi connectivity index (χ0n) is 6.14. The molecule has 2 radical (unpaired) electrons. The van der Waals surface area contributed by atoms with E-state index in [1.807, 2.05) is 0 Å². The van der Waals surface area contributed by atoms with Crippen molar-refractivity contribution in [2.75, 3.05) is 0 Å². The van der Waals surface area contributed by atoms with Gasteiger partial charge in [-0.2, -0.15) is 0 Å². The van der Waals surface area contributed by atoms with Gasteiger partial charge in [-0.3, -0.25) is 4.79 Å². The minimum atomic E-state index is -0.879. The summed E-state index contributed by atoms with van der Waals surface area (Å²) < 4.78 is 4.56. The van der Waals surface area contributed by atoms with Gasteiger partial charge in [-0.05, 0) is 12.1 Å². The first-order valence-corrected chi connectivity index (χ1v) is 3.05. The van der Waals surface area contributed by atoms with E-state index in [9.17, 15) is 9.59 Å². The molecular weight excluding hydrogens is 353 g/mol. The van der Waals surface area contributed by atoms with Gasteiger partial charge in [0.1, 0.15) is 5.75 Å². The van der Waals surface area contributed by atoms with Gasteiger partial charge >= 0.3 is 32.2 Å². The van der Waals surface area contributed by atoms with Crippen molar-refractivity contribution in [2.45, 2.75) is 0 Å². The van der Waals surface area contributed by atoms with Crippen molar-refractivity contribution < 1.29 is 14.3 Å². The number of rotatable bonds is 2. The molecule has 0 amide bonds. The van der Waals surface area contributed by atoms with Crippen LogP contribution in [0.15, 0.2) is 30.3 Å². The predicted octanol–water partition coefficient (Wildman–Crippen LogP) is 0.410. The van der Waals surface area contributed by atoms with Crippen LogP contribution in [-0.2, 0) is 9.59 Å². The zero-order chi connectivity index (χ0) is 8.10. The number of ether oxygens (including phenoxy) is 1. The number of para-hydroxylation sites is 1. The van der Waals surface area contributed by atoms with Crippen molar-refractivity contribution in [3.63, 3.8) is 0 Å². The number of carbonyl (C=O) groups is 2. The van der Waals surface area contributed by atoms with E-state index in [0.29, 0.717) is 5.75 Å². The third kappa shape index (κ3) is 3.58. The Kier molecular flexibility index (Phi) is 5.47. The average molecular weight is 359 g/mol. The van der Waals surface area contributed by atoms with E-state index in [-0.39, 0.29) is 32.5 Å². The fraction of sp³-hybridized carbons (Fsp3) is 0. The third-order valence-electron chi connectivity index (χ3n) is 1.06. The summed E-state index contributed by atoms with van der Waals surface area (Å²) in [6, 6.07) is 8.42. The summed E-state index contributed by atoms with van der Waals surface area (Å²) >= 11 is 0. The van der Waals surface area contributed by atoms with Crippen molar-refractivity contribution in [1.29, 1.82) is 0 Å². The van der Waals surface area contributed by atoms with Gasteiger partial charge in [-0.25, -0.2) is 4.79 Å². The normalized spacial score (nSPS) is 8.00. The Labute approximate surface area is 88.8 Å². The first-order chi connectivity index (χ1) is 5.33. The van der Waals surface area contributed by atoms with Gasteiger partial charge in [0.25, 0.3) is 0 Å². The number of hydrogen-bond acceptors (Lipinski definition) is 3. The van der Waals surface area contributed by atoms with Crippen molar-refractivity contribution in [3.05, 3.63) is 30.3 Å². The first kappa shape index (κ1) is 11.2. The van der Waals surface area contributed by atoms with Crippen LogP contribution in [0.3, 0.4) is 0 Å². The molecule has 4 heteroatoms. The molecule has 0 aliphatic carbocycles. The van der Waals surface area contributed by atoms with Gasteiger partial charge in [-0.15, -0.1) is 0 Å². The molecular formula is C8H6BiO3+3. The summed E-state index contributed by atoms with van der Waals surface area (Å²) in [6.45, 7) is 0. The molecule has 1 aromatic rings. The maximum absolute atomic E-state index is 10.4. The minimum absolute atomic E-state index is 0. The predicted molar refractivity (Wildman–Crippen MR) is 43.9 cm³/mol. The van der Waals surface area contributed by atoms with E-state index < -0.39 is 5.97 Å². The van der Waals surface area contributed by atoms with Gasteiger partial charge in [-0.1, -0.05) is 18.2 Å². The van der Waals surface area contributed by atoms with Crippen molar-refractivity contribution in [2.24, 2.45) is 0 Å². The molecule has 1 rings (SSSR count). The van der Waals surface area contributed by atoms with Crippen molar-refractivity contribution in [3.8, 4) is 5.75 Å². The van der Waals surface area contributed by atoms with Gasteiger partial charge in [0.15, 0.2) is 0 Å². The SMILES string of the molecule is O=CC(=O)Oc1ccccc1.[Bi+3]. The molecule has 58 valence electrons. The fourth-order valence-corrected chi connectivity index (χ4v) is 0.629. The standard InChI is InChI=1S/C8H6O3.Bi/c9-6-8(10)11-7-4-2-1-3-5-7;/h1-6H;/q;+3. The van der Waals surface area contributed by atoms with Crippen LogP contribution in [0, 0.1) is 0 Å². The number of carbonyl (C=O) groups excluding carboxylic acids is 2. The summed E-state index contributed by atoms with van der Waals surface area (Å²) in [5.74, 6) is -0.499. The molecule has 3 nitrogen and oxygen atoms in total. The molecule has 0 saturated heterocycles. The monoisotopic (exact) mass is 359 g/mol. The molecule has 0 unspecified atom stereocenters. The number of esters is 1. The fourth-order valence-electron chi connectivity index (χ4n) is 0.629. The van der Waals surface area contributed by atoms with Crippen LogP contribution in [0.2, 0.25) is 0 Å². The maximum Gasteiger partial charge on any atom is 3.00 e. The number of benzene rings is 1. The smallest absolute Gasteiger partial charge is 0.421 e. The first-order valence-electron chi connectivity index (χ1n) is 3.05. The molecule has 0 aliphatic rings. The second-order valence-corrected chi connectivity index (χ2v) is 1.85. The molecule has 0 aliphatic heterocycles. The summed E-state index contributed by atoms with van der Waals surface area (Å²) in [5, 5.41) is 0. The van der Waals surface area contributed by atoms with Crippen LogP contribution >= 0.6 is 0 Å². The van der Waals surface area contributed by atoms with Gasteiger partial charge in [0.2, 0.25) is 6.29 Å². The molecule has 1 aromatic carbocycles. The Morgan fingerprint density at radius 1 is 1.25 bits per heavy atom. The Morgan fingerprint density at radius 2 is 1.83 bits per heavy atom. The summed E-state index contributed by atoms with van der Waals surface area (Å²) in [4.78, 5) is 20.2. The van der Waals surface area contributed by atoms with Crippen LogP contribution < -0.4 is 4.74 Å². The molecule has 0 aromatic heterocycles. The summed E-state index contributed by atoms with van der Waals surface area (Å²) in [5.41, 5.74) is 0. The largest absolute Gasteiger partial charge is 3.00 e. The Morgan fingerprint density at radius 3 is 2.33 bits per heavy atom. The molecule has 0 atom stereocenters. The van der Waals surface area contributed by atoms with Gasteiger partial charge < -0.3 is 4.74 Å². The molecule has 0 heterocycles. The number of hydrogen-bond donors (Lipinski definition) is 0. The van der Waals surface area contributed by atoms with Gasteiger partial charge in [0.05, 0.1) is 0 Å². The Hall–Kier alpha value is -0.757. The van der Waals surface area contributed by atoms with Crippen molar-refractivity contribution >= 4 is 38.5 Å². The van der Waals surface area contributed by atoms with E-state index in [1.54, 1.807) is 30.3 Å². The molecule has 0 N–H and O–H groups in total. The van der Waals surface area contributed by atoms with E-state index in [4.69, 9.17) is 0 Å². The quantitative estimate of drug-likeness (QED) is 0.253. The van der Waals surface area contributed by atoms with Crippen LogP contribution in [0.25, 0.3) is 0 Å². The van der Waals surface area contributed by atoms with Crippen LogP contribution in [0.5, 0.6) is 5.75 Å². The van der Waals surface area contributed by atoms with E-state index in [1.165, 1.54) is 0 Å². The maximum atomic E-state index is 10.4. The molecule has 12 heavy (non-hydrogen) atoms. The molecule has 0 fully saturated rings.